The molecule has 1 unspecified atom stereocenters. The van der Waals surface area contributed by atoms with Gasteiger partial charge in [0, 0.05) is 18.3 Å². The summed E-state index contributed by atoms with van der Waals surface area (Å²) in [5.74, 6) is -1.21. The highest BCUT2D eigenvalue weighted by Gasteiger charge is 2.39. The number of aliphatic imine (C=N–C) groups is 1. The van der Waals surface area contributed by atoms with Gasteiger partial charge in [-0.05, 0) is 31.2 Å². The van der Waals surface area contributed by atoms with E-state index in [9.17, 15) is 22.8 Å². The fourth-order valence-electron chi connectivity index (χ4n) is 2.02. The van der Waals surface area contributed by atoms with Gasteiger partial charge in [0.15, 0.2) is 5.25 Å². The van der Waals surface area contributed by atoms with Crippen molar-refractivity contribution in [2.45, 2.75) is 19.1 Å². The molecule has 1 aromatic carbocycles. The third kappa shape index (κ3) is 3.92. The number of carbonyl (C=O) groups excluding carboxylic acids is 3. The Morgan fingerprint density at radius 1 is 1.17 bits per heavy atom. The maximum atomic E-state index is 12.3. The Hall–Kier alpha value is -2.75. The van der Waals surface area contributed by atoms with Crippen LogP contribution in [0.15, 0.2) is 29.3 Å². The van der Waals surface area contributed by atoms with Gasteiger partial charge >= 0.3 is 6.03 Å². The van der Waals surface area contributed by atoms with Gasteiger partial charge in [0.05, 0.1) is 5.71 Å². The molecule has 0 spiro atoms. The highest BCUT2D eigenvalue weighted by molar-refractivity contribution is 7.94. The minimum atomic E-state index is -4.13. The molecule has 1 atom stereocenters. The van der Waals surface area contributed by atoms with Crippen molar-refractivity contribution in [3.05, 3.63) is 24.3 Å². The van der Waals surface area contributed by atoms with Gasteiger partial charge in [-0.15, -0.1) is 0 Å². The average molecular weight is 338 g/mol. The number of anilines is 2. The van der Waals surface area contributed by atoms with Crippen LogP contribution in [0.4, 0.5) is 16.2 Å². The van der Waals surface area contributed by atoms with Gasteiger partial charge in [-0.3, -0.25) is 19.6 Å². The van der Waals surface area contributed by atoms with E-state index in [1.807, 2.05) is 5.32 Å². The number of sulfonamides is 1. The first-order valence-corrected chi connectivity index (χ1v) is 8.03. The minimum absolute atomic E-state index is 0.110. The van der Waals surface area contributed by atoms with Crippen molar-refractivity contribution < 1.29 is 22.8 Å². The van der Waals surface area contributed by atoms with Crippen LogP contribution in [0, 0.1) is 0 Å². The Morgan fingerprint density at radius 3 is 2.26 bits per heavy atom. The first-order chi connectivity index (χ1) is 10.7. The number of carbonyl (C=O) groups is 3. The van der Waals surface area contributed by atoms with Crippen LogP contribution in [-0.2, 0) is 19.6 Å². The van der Waals surface area contributed by atoms with E-state index in [1.54, 1.807) is 0 Å². The lowest BCUT2D eigenvalue weighted by molar-refractivity contribution is -0.118. The second-order valence-electron chi connectivity index (χ2n) is 4.83. The third-order valence-corrected chi connectivity index (χ3v) is 4.60. The fraction of sp³-hybridized carbons (Fsp3) is 0.231. The molecule has 1 heterocycles. The van der Waals surface area contributed by atoms with Gasteiger partial charge in [-0.25, -0.2) is 18.2 Å². The molecule has 0 aliphatic carbocycles. The molecule has 0 aromatic heterocycles. The largest absolute Gasteiger partial charge is 0.347 e. The van der Waals surface area contributed by atoms with Gasteiger partial charge in [0.1, 0.15) is 0 Å². The van der Waals surface area contributed by atoms with Gasteiger partial charge in [0.25, 0.3) is 5.91 Å². The van der Waals surface area contributed by atoms with Crippen LogP contribution in [0.2, 0.25) is 0 Å². The second-order valence-corrected chi connectivity index (χ2v) is 6.60. The maximum absolute atomic E-state index is 12.3. The summed E-state index contributed by atoms with van der Waals surface area (Å²) in [5, 5.41) is 2.80. The molecule has 1 aliphatic rings. The molecule has 2 rings (SSSR count). The van der Waals surface area contributed by atoms with Crippen molar-refractivity contribution in [1.82, 2.24) is 5.32 Å². The molecular formula is C13H14N4O5S. The Kier molecular flexibility index (Phi) is 4.45. The van der Waals surface area contributed by atoms with Crippen LogP contribution >= 0.6 is 0 Å². The molecule has 0 saturated heterocycles. The number of benzene rings is 1. The van der Waals surface area contributed by atoms with E-state index in [-0.39, 0.29) is 17.3 Å². The normalized spacial score (nSPS) is 18.0. The molecule has 0 bridgehead atoms. The summed E-state index contributed by atoms with van der Waals surface area (Å²) in [6, 6.07) is 4.98. The quantitative estimate of drug-likeness (QED) is 0.733. The number of hydrogen-bond donors (Lipinski definition) is 3. The summed E-state index contributed by atoms with van der Waals surface area (Å²) in [6.07, 6.45) is 0. The van der Waals surface area contributed by atoms with Gasteiger partial charge in [-0.1, -0.05) is 0 Å². The summed E-state index contributed by atoms with van der Waals surface area (Å²) in [7, 11) is -4.13. The molecule has 4 amide bonds. The lowest BCUT2D eigenvalue weighted by Gasteiger charge is -2.20. The van der Waals surface area contributed by atoms with Crippen LogP contribution in [0.25, 0.3) is 0 Å². The standard InChI is InChI=1S/C13H14N4O5S/c1-7-11(12(19)16-13(20)14-7)23(21,22)17-10-5-3-9(4-6-10)15-8(2)18/h3-6,11,17H,1-2H3,(H,15,18)(H,16,19,20). The van der Waals surface area contributed by atoms with E-state index < -0.39 is 27.2 Å². The number of urea groups is 1. The highest BCUT2D eigenvalue weighted by atomic mass is 32.2. The Balaban J connectivity index is 2.21. The highest BCUT2D eigenvalue weighted by Crippen LogP contribution is 2.18. The zero-order valence-corrected chi connectivity index (χ0v) is 13.1. The minimum Gasteiger partial charge on any atom is -0.326 e. The first kappa shape index (κ1) is 16.6. The molecule has 1 aliphatic heterocycles. The smallest absolute Gasteiger partial charge is 0.326 e. The van der Waals surface area contributed by atoms with Crippen LogP contribution in [0.3, 0.4) is 0 Å². The molecule has 0 fully saturated rings. The Morgan fingerprint density at radius 2 is 1.74 bits per heavy atom. The SMILES string of the molecule is CC(=O)Nc1ccc(NS(=O)(=O)C2C(=O)NC(=O)N=C2C)cc1. The van der Waals surface area contributed by atoms with Crippen molar-refractivity contribution >= 4 is 45.0 Å². The van der Waals surface area contributed by atoms with E-state index in [2.05, 4.69) is 15.0 Å². The van der Waals surface area contributed by atoms with Gasteiger partial charge < -0.3 is 5.32 Å². The number of nitrogens with zero attached hydrogens (tertiary/aromatic N) is 1. The molecule has 23 heavy (non-hydrogen) atoms. The topological polar surface area (TPSA) is 134 Å². The zero-order valence-electron chi connectivity index (χ0n) is 12.3. The van der Waals surface area contributed by atoms with Crippen molar-refractivity contribution in [2.24, 2.45) is 4.99 Å². The molecule has 0 radical (unpaired) electrons. The average Bonchev–Trinajstić information content (AvgIpc) is 2.38. The fourth-order valence-corrected chi connectivity index (χ4v) is 3.45. The number of amides is 4. The molecule has 0 saturated carbocycles. The number of imide groups is 1. The summed E-state index contributed by atoms with van der Waals surface area (Å²) in [6.45, 7) is 2.64. The van der Waals surface area contributed by atoms with E-state index in [0.717, 1.165) is 0 Å². The van der Waals surface area contributed by atoms with Crippen LogP contribution in [0.5, 0.6) is 0 Å². The van der Waals surface area contributed by atoms with Crippen molar-refractivity contribution in [3.63, 3.8) is 0 Å². The maximum Gasteiger partial charge on any atom is 0.347 e. The van der Waals surface area contributed by atoms with Gasteiger partial charge in [-0.2, -0.15) is 0 Å². The third-order valence-electron chi connectivity index (χ3n) is 2.90. The van der Waals surface area contributed by atoms with E-state index in [4.69, 9.17) is 0 Å². The molecule has 9 nitrogen and oxygen atoms in total. The van der Waals surface area contributed by atoms with Crippen molar-refractivity contribution in [1.29, 1.82) is 0 Å². The first-order valence-electron chi connectivity index (χ1n) is 6.48. The van der Waals surface area contributed by atoms with Crippen molar-refractivity contribution in [2.75, 3.05) is 10.0 Å². The second kappa shape index (κ2) is 6.16. The number of nitrogens with one attached hydrogen (secondary N) is 3. The molecule has 122 valence electrons. The molecule has 3 N–H and O–H groups in total. The summed E-state index contributed by atoms with van der Waals surface area (Å²) in [5.41, 5.74) is 0.594. The lowest BCUT2D eigenvalue weighted by Crippen LogP contribution is -2.51. The summed E-state index contributed by atoms with van der Waals surface area (Å²) >= 11 is 0. The summed E-state index contributed by atoms with van der Waals surface area (Å²) in [4.78, 5) is 37.2. The zero-order chi connectivity index (χ0) is 17.2. The predicted molar refractivity (Wildman–Crippen MR) is 83.7 cm³/mol. The van der Waals surface area contributed by atoms with Crippen molar-refractivity contribution in [3.8, 4) is 0 Å². The summed E-state index contributed by atoms with van der Waals surface area (Å²) < 4.78 is 26.9. The van der Waals surface area contributed by atoms with E-state index in [1.165, 1.54) is 38.1 Å². The predicted octanol–water partition coefficient (Wildman–Crippen LogP) is 0.466. The van der Waals surface area contributed by atoms with E-state index in [0.29, 0.717) is 5.69 Å². The van der Waals surface area contributed by atoms with Crippen LogP contribution in [0.1, 0.15) is 13.8 Å². The van der Waals surface area contributed by atoms with E-state index >= 15 is 0 Å². The van der Waals surface area contributed by atoms with Gasteiger partial charge in [0.2, 0.25) is 15.9 Å². The Labute approximate surface area is 132 Å². The molecule has 1 aromatic rings. The molecular weight excluding hydrogens is 324 g/mol. The van der Waals surface area contributed by atoms with Crippen LogP contribution < -0.4 is 15.4 Å². The Bertz CT molecular complexity index is 798. The molecule has 10 heteroatoms. The van der Waals surface area contributed by atoms with Crippen LogP contribution in [-0.4, -0.2) is 37.2 Å². The number of rotatable bonds is 4. The lowest BCUT2D eigenvalue weighted by atomic mass is 10.2. The monoisotopic (exact) mass is 338 g/mol. The number of hydrogen-bond acceptors (Lipinski definition) is 5.